The van der Waals surface area contributed by atoms with Crippen molar-refractivity contribution < 1.29 is 9.66 Å². The summed E-state index contributed by atoms with van der Waals surface area (Å²) in [5.74, 6) is 0.153. The molecule has 1 aromatic carbocycles. The Morgan fingerprint density at radius 3 is 2.94 bits per heavy atom. The van der Waals surface area contributed by atoms with Crippen LogP contribution in [0.5, 0.6) is 5.75 Å². The average Bonchev–Trinajstić information content (AvgIpc) is 2.26. The van der Waals surface area contributed by atoms with E-state index >= 15 is 0 Å². The van der Waals surface area contributed by atoms with Gasteiger partial charge in [0.25, 0.3) is 0 Å². The standard InChI is InChI=1S/C11H13ClN2O3/c1-8(6-13-2)7-17-11-5-9(12)3-4-10(11)14(15)16/h3-5,13H,1,6-7H2,2H3. The highest BCUT2D eigenvalue weighted by molar-refractivity contribution is 6.30. The van der Waals surface area contributed by atoms with Crippen molar-refractivity contribution in [3.05, 3.63) is 45.5 Å². The minimum atomic E-state index is -0.507. The topological polar surface area (TPSA) is 64.4 Å². The summed E-state index contributed by atoms with van der Waals surface area (Å²) in [6.07, 6.45) is 0. The molecule has 0 fully saturated rings. The van der Waals surface area contributed by atoms with Crippen molar-refractivity contribution in [2.24, 2.45) is 0 Å². The van der Waals surface area contributed by atoms with Crippen LogP contribution in [-0.4, -0.2) is 25.1 Å². The zero-order valence-corrected chi connectivity index (χ0v) is 10.2. The molecule has 0 aliphatic rings. The van der Waals surface area contributed by atoms with Gasteiger partial charge in [-0.05, 0) is 18.7 Å². The van der Waals surface area contributed by atoms with E-state index in [1.807, 2.05) is 0 Å². The molecule has 0 saturated carbocycles. The highest BCUT2D eigenvalue weighted by Gasteiger charge is 2.15. The smallest absolute Gasteiger partial charge is 0.311 e. The number of hydrogen-bond acceptors (Lipinski definition) is 4. The number of nitrogens with zero attached hydrogens (tertiary/aromatic N) is 1. The third kappa shape index (κ3) is 4.05. The number of nitrogens with one attached hydrogen (secondary N) is 1. The molecule has 17 heavy (non-hydrogen) atoms. The van der Waals surface area contributed by atoms with Gasteiger partial charge in [-0.3, -0.25) is 10.1 Å². The van der Waals surface area contributed by atoms with E-state index in [4.69, 9.17) is 16.3 Å². The van der Waals surface area contributed by atoms with Gasteiger partial charge in [-0.15, -0.1) is 0 Å². The lowest BCUT2D eigenvalue weighted by Gasteiger charge is -2.08. The van der Waals surface area contributed by atoms with Crippen molar-refractivity contribution >= 4 is 17.3 Å². The van der Waals surface area contributed by atoms with Crippen LogP contribution in [0.3, 0.4) is 0 Å². The number of nitro groups is 1. The fourth-order valence-corrected chi connectivity index (χ4v) is 1.40. The molecular formula is C11H13ClN2O3. The number of hydrogen-bond donors (Lipinski definition) is 1. The Morgan fingerprint density at radius 2 is 2.35 bits per heavy atom. The second-order valence-corrected chi connectivity index (χ2v) is 3.87. The molecule has 0 bridgehead atoms. The molecule has 0 aliphatic carbocycles. The van der Waals surface area contributed by atoms with Crippen LogP contribution in [0.2, 0.25) is 5.02 Å². The number of halogens is 1. The van der Waals surface area contributed by atoms with Crippen LogP contribution in [0.15, 0.2) is 30.4 Å². The summed E-state index contributed by atoms with van der Waals surface area (Å²) in [4.78, 5) is 10.2. The lowest BCUT2D eigenvalue weighted by molar-refractivity contribution is -0.385. The number of likely N-dealkylation sites (N-methyl/N-ethyl adjacent to an activating group) is 1. The van der Waals surface area contributed by atoms with Crippen LogP contribution in [0.4, 0.5) is 5.69 Å². The van der Waals surface area contributed by atoms with Gasteiger partial charge in [0.15, 0.2) is 5.75 Å². The molecular weight excluding hydrogens is 244 g/mol. The molecule has 5 nitrogen and oxygen atoms in total. The minimum Gasteiger partial charge on any atom is -0.482 e. The summed E-state index contributed by atoms with van der Waals surface area (Å²) in [6.45, 7) is 4.57. The zero-order chi connectivity index (χ0) is 12.8. The van der Waals surface area contributed by atoms with E-state index in [1.54, 1.807) is 7.05 Å². The van der Waals surface area contributed by atoms with E-state index < -0.39 is 4.92 Å². The normalized spacial score (nSPS) is 10.0. The maximum Gasteiger partial charge on any atom is 0.311 e. The largest absolute Gasteiger partial charge is 0.482 e. The first-order chi connectivity index (χ1) is 8.04. The van der Waals surface area contributed by atoms with Crippen LogP contribution in [0.1, 0.15) is 0 Å². The first kappa shape index (κ1) is 13.5. The minimum absolute atomic E-state index is 0.105. The van der Waals surface area contributed by atoms with Crippen LogP contribution < -0.4 is 10.1 Å². The Hall–Kier alpha value is -1.59. The van der Waals surface area contributed by atoms with Crippen LogP contribution in [0, 0.1) is 10.1 Å². The fourth-order valence-electron chi connectivity index (χ4n) is 1.24. The van der Waals surface area contributed by atoms with Gasteiger partial charge in [0, 0.05) is 23.7 Å². The molecule has 1 N–H and O–H groups in total. The molecule has 1 aromatic rings. The monoisotopic (exact) mass is 256 g/mol. The SMILES string of the molecule is C=C(CNC)COc1cc(Cl)ccc1[N+](=O)[O-]. The number of nitro benzene ring substituents is 1. The summed E-state index contributed by atoms with van der Waals surface area (Å²) in [6, 6.07) is 4.19. The molecule has 0 atom stereocenters. The van der Waals surface area contributed by atoms with Crippen LogP contribution in [0.25, 0.3) is 0 Å². The average molecular weight is 257 g/mol. The summed E-state index contributed by atoms with van der Waals surface area (Å²) in [7, 11) is 1.78. The molecule has 0 aromatic heterocycles. The number of rotatable bonds is 6. The van der Waals surface area contributed by atoms with Crippen LogP contribution >= 0.6 is 11.6 Å². The van der Waals surface area contributed by atoms with E-state index in [2.05, 4.69) is 11.9 Å². The Bertz CT molecular complexity index is 435. The molecule has 0 unspecified atom stereocenters. The molecule has 6 heteroatoms. The van der Waals surface area contributed by atoms with E-state index in [0.717, 1.165) is 5.57 Å². The quantitative estimate of drug-likeness (QED) is 0.482. The highest BCUT2D eigenvalue weighted by atomic mass is 35.5. The van der Waals surface area contributed by atoms with Gasteiger partial charge in [-0.25, -0.2) is 0 Å². The summed E-state index contributed by atoms with van der Waals surface area (Å²) in [5.41, 5.74) is 0.688. The van der Waals surface area contributed by atoms with Crippen molar-refractivity contribution in [3.8, 4) is 5.75 Å². The summed E-state index contributed by atoms with van der Waals surface area (Å²) in [5, 5.41) is 14.1. The van der Waals surface area contributed by atoms with E-state index in [0.29, 0.717) is 11.6 Å². The van der Waals surface area contributed by atoms with Crippen molar-refractivity contribution in [1.82, 2.24) is 5.32 Å². The molecule has 0 radical (unpaired) electrons. The van der Waals surface area contributed by atoms with Gasteiger partial charge in [0.05, 0.1) is 4.92 Å². The summed E-state index contributed by atoms with van der Waals surface area (Å²) >= 11 is 5.76. The Labute approximate surface area is 104 Å². The molecule has 0 aliphatic heterocycles. The third-order valence-electron chi connectivity index (χ3n) is 1.98. The van der Waals surface area contributed by atoms with Gasteiger partial charge < -0.3 is 10.1 Å². The molecule has 0 spiro atoms. The van der Waals surface area contributed by atoms with Gasteiger partial charge in [0.1, 0.15) is 6.61 Å². The van der Waals surface area contributed by atoms with Crippen molar-refractivity contribution in [3.63, 3.8) is 0 Å². The first-order valence-corrected chi connectivity index (χ1v) is 5.30. The second kappa shape index (κ2) is 6.22. The molecule has 0 amide bonds. The third-order valence-corrected chi connectivity index (χ3v) is 2.21. The molecule has 0 saturated heterocycles. The van der Waals surface area contributed by atoms with E-state index in [9.17, 15) is 10.1 Å². The van der Waals surface area contributed by atoms with E-state index in [1.165, 1.54) is 18.2 Å². The molecule has 0 heterocycles. The predicted molar refractivity (Wildman–Crippen MR) is 66.7 cm³/mol. The lowest BCUT2D eigenvalue weighted by Crippen LogP contribution is -2.14. The maximum atomic E-state index is 10.8. The zero-order valence-electron chi connectivity index (χ0n) is 9.40. The van der Waals surface area contributed by atoms with Gasteiger partial charge in [-0.2, -0.15) is 0 Å². The van der Waals surface area contributed by atoms with E-state index in [-0.39, 0.29) is 18.0 Å². The van der Waals surface area contributed by atoms with Gasteiger partial charge in [-0.1, -0.05) is 18.2 Å². The first-order valence-electron chi connectivity index (χ1n) is 4.92. The molecule has 92 valence electrons. The van der Waals surface area contributed by atoms with Crippen molar-refractivity contribution in [2.45, 2.75) is 0 Å². The number of benzene rings is 1. The Kier molecular flexibility index (Phi) is 4.93. The lowest BCUT2D eigenvalue weighted by atomic mass is 10.3. The second-order valence-electron chi connectivity index (χ2n) is 3.44. The fraction of sp³-hybridized carbons (Fsp3) is 0.273. The summed E-state index contributed by atoms with van der Waals surface area (Å²) < 4.78 is 5.33. The number of ether oxygens (including phenoxy) is 1. The maximum absolute atomic E-state index is 10.8. The Morgan fingerprint density at radius 1 is 1.65 bits per heavy atom. The van der Waals surface area contributed by atoms with Crippen molar-refractivity contribution in [2.75, 3.05) is 20.2 Å². The van der Waals surface area contributed by atoms with Gasteiger partial charge >= 0.3 is 5.69 Å². The predicted octanol–water partition coefficient (Wildman–Crippen LogP) is 2.40. The van der Waals surface area contributed by atoms with Crippen LogP contribution in [-0.2, 0) is 0 Å². The Balaban J connectivity index is 2.78. The van der Waals surface area contributed by atoms with Gasteiger partial charge in [0.2, 0.25) is 0 Å². The highest BCUT2D eigenvalue weighted by Crippen LogP contribution is 2.30. The van der Waals surface area contributed by atoms with Crippen molar-refractivity contribution in [1.29, 1.82) is 0 Å². The molecule has 1 rings (SSSR count).